The van der Waals surface area contributed by atoms with Gasteiger partial charge in [0.05, 0.1) is 5.69 Å². The summed E-state index contributed by atoms with van der Waals surface area (Å²) in [5.74, 6) is 4.14. The second-order valence-electron chi connectivity index (χ2n) is 3.02. The third-order valence-corrected chi connectivity index (χ3v) is 1.80. The number of aryl methyl sites for hydroxylation is 1. The molecule has 4 N–H and O–H groups in total. The molecule has 1 rings (SSSR count). The molecule has 0 fully saturated rings. The van der Waals surface area contributed by atoms with Gasteiger partial charge in [0.1, 0.15) is 6.07 Å². The first-order valence-electron chi connectivity index (χ1n) is 4.48. The average Bonchev–Trinajstić information content (AvgIpc) is 2.31. The van der Waals surface area contributed by atoms with E-state index in [2.05, 4.69) is 10.5 Å². The van der Waals surface area contributed by atoms with Crippen molar-refractivity contribution in [1.82, 2.24) is 5.43 Å². The van der Waals surface area contributed by atoms with Gasteiger partial charge in [-0.05, 0) is 19.1 Å². The highest BCUT2D eigenvalue weighted by molar-refractivity contribution is 6.45. The van der Waals surface area contributed by atoms with Gasteiger partial charge in [-0.3, -0.25) is 15.6 Å². The van der Waals surface area contributed by atoms with Crippen LogP contribution in [0.15, 0.2) is 29.4 Å². The van der Waals surface area contributed by atoms with Gasteiger partial charge in [-0.2, -0.15) is 10.4 Å². The van der Waals surface area contributed by atoms with Crippen LogP contribution < -0.4 is 16.7 Å². The highest BCUT2D eigenvalue weighted by Gasteiger charge is 2.07. The van der Waals surface area contributed by atoms with Gasteiger partial charge < -0.3 is 0 Å². The van der Waals surface area contributed by atoms with Crippen molar-refractivity contribution in [2.45, 2.75) is 6.92 Å². The molecule has 0 aliphatic carbocycles. The molecule has 6 nitrogen and oxygen atoms in total. The van der Waals surface area contributed by atoms with Crippen LogP contribution in [-0.2, 0) is 4.79 Å². The van der Waals surface area contributed by atoms with E-state index in [9.17, 15) is 4.79 Å². The predicted octanol–water partition coefficient (Wildman–Crippen LogP) is 0.276. The zero-order valence-corrected chi connectivity index (χ0v) is 8.69. The summed E-state index contributed by atoms with van der Waals surface area (Å²) in [6.07, 6.45) is 0. The molecule has 0 atom stereocenters. The van der Waals surface area contributed by atoms with Crippen LogP contribution in [0.5, 0.6) is 0 Å². The molecule has 1 aromatic carbocycles. The normalized spacial score (nSPS) is 10.4. The monoisotopic (exact) mass is 217 g/mol. The predicted molar refractivity (Wildman–Crippen MR) is 60.2 cm³/mol. The van der Waals surface area contributed by atoms with Crippen molar-refractivity contribution in [3.05, 3.63) is 29.8 Å². The molecule has 6 heteroatoms. The number of rotatable bonds is 3. The third kappa shape index (κ3) is 3.08. The van der Waals surface area contributed by atoms with Crippen LogP contribution in [0.1, 0.15) is 5.56 Å². The fraction of sp³-hybridized carbons (Fsp3) is 0.100. The van der Waals surface area contributed by atoms with E-state index in [-0.39, 0.29) is 5.71 Å². The fourth-order valence-electron chi connectivity index (χ4n) is 0.943. The van der Waals surface area contributed by atoms with Crippen LogP contribution in [0.2, 0.25) is 0 Å². The van der Waals surface area contributed by atoms with Gasteiger partial charge >= 0.3 is 0 Å². The molecule has 0 aliphatic rings. The first-order chi connectivity index (χ1) is 7.67. The lowest BCUT2D eigenvalue weighted by Crippen LogP contribution is -2.36. The zero-order chi connectivity index (χ0) is 12.0. The maximum absolute atomic E-state index is 11.0. The molecular formula is C10H11N5O. The van der Waals surface area contributed by atoms with Gasteiger partial charge in [0, 0.05) is 0 Å². The molecule has 0 saturated carbocycles. The number of hydrogen-bond acceptors (Lipinski definition) is 5. The maximum atomic E-state index is 11.0. The minimum Gasteiger partial charge on any atom is -0.288 e. The summed E-state index contributed by atoms with van der Waals surface area (Å²) in [6, 6.07) is 8.97. The number of amides is 1. The second-order valence-corrected chi connectivity index (χ2v) is 3.02. The number of carbonyl (C=O) groups is 1. The van der Waals surface area contributed by atoms with Crippen molar-refractivity contribution < 1.29 is 4.79 Å². The fourth-order valence-corrected chi connectivity index (χ4v) is 0.943. The Kier molecular flexibility index (Phi) is 4.00. The standard InChI is InChI=1S/C10H11N5O/c1-7-2-4-8(5-3-7)14-15-9(6-11)10(16)13-12/h2-5,14H,12H2,1H3,(H,13,16)/b15-9-. The van der Waals surface area contributed by atoms with Crippen molar-refractivity contribution in [3.63, 3.8) is 0 Å². The molecular weight excluding hydrogens is 206 g/mol. The quantitative estimate of drug-likeness (QED) is 0.293. The van der Waals surface area contributed by atoms with Crippen LogP contribution in [0.3, 0.4) is 0 Å². The minimum atomic E-state index is -0.734. The van der Waals surface area contributed by atoms with Crippen molar-refractivity contribution in [2.24, 2.45) is 10.9 Å². The van der Waals surface area contributed by atoms with Crippen molar-refractivity contribution >= 4 is 17.3 Å². The van der Waals surface area contributed by atoms with Crippen LogP contribution in [0.25, 0.3) is 0 Å². The van der Waals surface area contributed by atoms with Gasteiger partial charge in [-0.1, -0.05) is 17.7 Å². The lowest BCUT2D eigenvalue weighted by molar-refractivity contribution is -0.114. The Morgan fingerprint density at radius 3 is 2.56 bits per heavy atom. The number of nitrogens with one attached hydrogen (secondary N) is 2. The number of nitriles is 1. The summed E-state index contributed by atoms with van der Waals surface area (Å²) >= 11 is 0. The summed E-state index contributed by atoms with van der Waals surface area (Å²) in [5, 5.41) is 12.2. The van der Waals surface area contributed by atoms with E-state index in [1.165, 1.54) is 0 Å². The molecule has 0 aromatic heterocycles. The molecule has 0 saturated heterocycles. The molecule has 0 heterocycles. The molecule has 0 aliphatic heterocycles. The van der Waals surface area contributed by atoms with E-state index < -0.39 is 5.91 Å². The number of nitrogens with zero attached hydrogens (tertiary/aromatic N) is 2. The van der Waals surface area contributed by atoms with Gasteiger partial charge in [0.2, 0.25) is 5.71 Å². The molecule has 0 unspecified atom stereocenters. The molecule has 0 bridgehead atoms. The van der Waals surface area contributed by atoms with Crippen molar-refractivity contribution in [2.75, 3.05) is 5.43 Å². The summed E-state index contributed by atoms with van der Waals surface area (Å²) in [4.78, 5) is 11.0. The highest BCUT2D eigenvalue weighted by Crippen LogP contribution is 2.08. The molecule has 0 radical (unpaired) electrons. The number of anilines is 1. The SMILES string of the molecule is Cc1ccc(N/N=C(/C#N)C(=O)NN)cc1. The Bertz CT molecular complexity index is 443. The Hall–Kier alpha value is -2.39. The Labute approximate surface area is 92.7 Å². The first-order valence-corrected chi connectivity index (χ1v) is 4.48. The van der Waals surface area contributed by atoms with Gasteiger partial charge in [0.15, 0.2) is 0 Å². The van der Waals surface area contributed by atoms with E-state index >= 15 is 0 Å². The second kappa shape index (κ2) is 5.48. The van der Waals surface area contributed by atoms with E-state index in [4.69, 9.17) is 11.1 Å². The number of hydrogen-bond donors (Lipinski definition) is 3. The molecule has 82 valence electrons. The zero-order valence-electron chi connectivity index (χ0n) is 8.69. The van der Waals surface area contributed by atoms with Gasteiger partial charge in [-0.15, -0.1) is 0 Å². The molecule has 0 spiro atoms. The average molecular weight is 217 g/mol. The van der Waals surface area contributed by atoms with Crippen LogP contribution >= 0.6 is 0 Å². The summed E-state index contributed by atoms with van der Waals surface area (Å²) < 4.78 is 0. The number of hydrazine groups is 1. The van der Waals surface area contributed by atoms with E-state index in [1.54, 1.807) is 18.2 Å². The molecule has 1 amide bonds. The minimum absolute atomic E-state index is 0.330. The van der Waals surface area contributed by atoms with Crippen molar-refractivity contribution in [1.29, 1.82) is 5.26 Å². The van der Waals surface area contributed by atoms with E-state index in [0.29, 0.717) is 5.69 Å². The third-order valence-electron chi connectivity index (χ3n) is 1.80. The van der Waals surface area contributed by atoms with Crippen molar-refractivity contribution in [3.8, 4) is 6.07 Å². The highest BCUT2D eigenvalue weighted by atomic mass is 16.2. The van der Waals surface area contributed by atoms with Gasteiger partial charge in [0.25, 0.3) is 5.91 Å². The molecule has 1 aromatic rings. The van der Waals surface area contributed by atoms with Crippen LogP contribution in [-0.4, -0.2) is 11.6 Å². The lowest BCUT2D eigenvalue weighted by Gasteiger charge is -2.01. The summed E-state index contributed by atoms with van der Waals surface area (Å²) in [7, 11) is 0. The topological polar surface area (TPSA) is 103 Å². The Balaban J connectivity index is 2.75. The Morgan fingerprint density at radius 2 is 2.06 bits per heavy atom. The Morgan fingerprint density at radius 1 is 1.44 bits per heavy atom. The number of carbonyl (C=O) groups excluding carboxylic acids is 1. The van der Waals surface area contributed by atoms with Crippen LogP contribution in [0, 0.1) is 18.3 Å². The van der Waals surface area contributed by atoms with Crippen LogP contribution in [0.4, 0.5) is 5.69 Å². The summed E-state index contributed by atoms with van der Waals surface area (Å²) in [5.41, 5.74) is 5.88. The molecule has 16 heavy (non-hydrogen) atoms. The number of hydrazone groups is 1. The summed E-state index contributed by atoms with van der Waals surface area (Å²) in [6.45, 7) is 1.95. The largest absolute Gasteiger partial charge is 0.296 e. The lowest BCUT2D eigenvalue weighted by atomic mass is 10.2. The maximum Gasteiger partial charge on any atom is 0.296 e. The van der Waals surface area contributed by atoms with E-state index in [0.717, 1.165) is 5.56 Å². The number of benzene rings is 1. The first kappa shape index (κ1) is 11.7. The van der Waals surface area contributed by atoms with Gasteiger partial charge in [-0.25, -0.2) is 5.84 Å². The number of nitrogens with two attached hydrogens (primary N) is 1. The smallest absolute Gasteiger partial charge is 0.288 e. The van der Waals surface area contributed by atoms with E-state index in [1.807, 2.05) is 24.5 Å².